The first-order valence-corrected chi connectivity index (χ1v) is 7.29. The molecule has 5 heteroatoms. The summed E-state index contributed by atoms with van der Waals surface area (Å²) in [6.07, 6.45) is 1.10. The van der Waals surface area contributed by atoms with Crippen LogP contribution in [-0.4, -0.2) is 28.2 Å². The number of hydrogen-bond acceptors (Lipinski definition) is 4. The average Bonchev–Trinajstić information content (AvgIpc) is 2.70. The normalized spacial score (nSPS) is 11.0. The third kappa shape index (κ3) is 2.56. The first-order chi connectivity index (χ1) is 8.77. The van der Waals surface area contributed by atoms with Gasteiger partial charge in [-0.05, 0) is 30.1 Å². The molecule has 0 atom stereocenters. The van der Waals surface area contributed by atoms with Crippen molar-refractivity contribution in [3.05, 3.63) is 18.2 Å². The molecule has 2 N–H and O–H groups in total. The van der Waals surface area contributed by atoms with Crippen LogP contribution in [-0.2, 0) is 6.54 Å². The van der Waals surface area contributed by atoms with Gasteiger partial charge in [0, 0.05) is 6.54 Å². The Kier molecular flexibility index (Phi) is 4.36. The molecular formula is C13H19N3OS. The first-order valence-electron chi connectivity index (χ1n) is 6.14. The fourth-order valence-corrected chi connectivity index (χ4v) is 2.63. The molecule has 0 aliphatic heterocycles. The summed E-state index contributed by atoms with van der Waals surface area (Å²) in [6, 6.07) is 5.92. The molecule has 0 bridgehead atoms. The van der Waals surface area contributed by atoms with E-state index in [1.165, 1.54) is 0 Å². The minimum absolute atomic E-state index is 0.566. The first kappa shape index (κ1) is 13.1. The maximum absolute atomic E-state index is 5.98. The van der Waals surface area contributed by atoms with Crippen LogP contribution in [0, 0.1) is 0 Å². The van der Waals surface area contributed by atoms with Crippen molar-refractivity contribution in [3.63, 3.8) is 0 Å². The predicted octanol–water partition coefficient (Wildman–Crippen LogP) is 2.77. The Morgan fingerprint density at radius 3 is 3.00 bits per heavy atom. The van der Waals surface area contributed by atoms with E-state index >= 15 is 0 Å². The van der Waals surface area contributed by atoms with Gasteiger partial charge in [0.15, 0.2) is 0 Å². The standard InChI is InChI=1S/C13H19N3OS/c1-3-18-9-5-8-16-10-6-4-7-11(17-2)12(10)15-13(16)14/h4,6-7H,3,5,8-9H2,1-2H3,(H2,14,15). The van der Waals surface area contributed by atoms with E-state index in [0.717, 1.165) is 41.3 Å². The zero-order valence-electron chi connectivity index (χ0n) is 10.8. The molecule has 1 aromatic heterocycles. The minimum atomic E-state index is 0.566. The van der Waals surface area contributed by atoms with Crippen LogP contribution in [0.25, 0.3) is 11.0 Å². The second kappa shape index (κ2) is 6.00. The van der Waals surface area contributed by atoms with Gasteiger partial charge in [-0.1, -0.05) is 13.0 Å². The number of rotatable bonds is 6. The summed E-state index contributed by atoms with van der Waals surface area (Å²) in [6.45, 7) is 3.08. The molecule has 18 heavy (non-hydrogen) atoms. The number of para-hydroxylation sites is 1. The quantitative estimate of drug-likeness (QED) is 0.816. The summed E-state index contributed by atoms with van der Waals surface area (Å²) in [7, 11) is 1.65. The summed E-state index contributed by atoms with van der Waals surface area (Å²) in [5.74, 6) is 3.66. The number of aryl methyl sites for hydroxylation is 1. The summed E-state index contributed by atoms with van der Waals surface area (Å²) < 4.78 is 7.37. The highest BCUT2D eigenvalue weighted by atomic mass is 32.2. The maximum Gasteiger partial charge on any atom is 0.201 e. The van der Waals surface area contributed by atoms with Crippen molar-refractivity contribution in [3.8, 4) is 5.75 Å². The van der Waals surface area contributed by atoms with E-state index in [1.54, 1.807) is 7.11 Å². The van der Waals surface area contributed by atoms with Crippen molar-refractivity contribution in [1.82, 2.24) is 9.55 Å². The highest BCUT2D eigenvalue weighted by Crippen LogP contribution is 2.26. The van der Waals surface area contributed by atoms with Gasteiger partial charge in [-0.25, -0.2) is 4.98 Å². The maximum atomic E-state index is 5.98. The Morgan fingerprint density at radius 1 is 1.44 bits per heavy atom. The van der Waals surface area contributed by atoms with Gasteiger partial charge in [-0.15, -0.1) is 0 Å². The third-order valence-corrected chi connectivity index (χ3v) is 3.85. The number of imidazole rings is 1. The Morgan fingerprint density at radius 2 is 2.28 bits per heavy atom. The summed E-state index contributed by atoms with van der Waals surface area (Å²) in [5.41, 5.74) is 7.88. The lowest BCUT2D eigenvalue weighted by atomic mass is 10.3. The zero-order chi connectivity index (χ0) is 13.0. The van der Waals surface area contributed by atoms with Gasteiger partial charge in [0.25, 0.3) is 0 Å². The van der Waals surface area contributed by atoms with Crippen LogP contribution in [0.3, 0.4) is 0 Å². The number of ether oxygens (including phenoxy) is 1. The van der Waals surface area contributed by atoms with Crippen molar-refractivity contribution < 1.29 is 4.74 Å². The molecule has 0 saturated heterocycles. The smallest absolute Gasteiger partial charge is 0.201 e. The van der Waals surface area contributed by atoms with Crippen molar-refractivity contribution in [2.75, 3.05) is 24.3 Å². The lowest BCUT2D eigenvalue weighted by Crippen LogP contribution is -2.04. The van der Waals surface area contributed by atoms with E-state index in [9.17, 15) is 0 Å². The number of aromatic nitrogens is 2. The monoisotopic (exact) mass is 265 g/mol. The molecule has 0 spiro atoms. The van der Waals surface area contributed by atoms with Gasteiger partial charge in [0.2, 0.25) is 5.95 Å². The van der Waals surface area contributed by atoms with Crippen LogP contribution in [0.1, 0.15) is 13.3 Å². The van der Waals surface area contributed by atoms with E-state index < -0.39 is 0 Å². The van der Waals surface area contributed by atoms with Crippen molar-refractivity contribution in [2.45, 2.75) is 19.9 Å². The van der Waals surface area contributed by atoms with Crippen LogP contribution >= 0.6 is 11.8 Å². The zero-order valence-corrected chi connectivity index (χ0v) is 11.7. The molecule has 0 amide bonds. The second-order valence-electron chi connectivity index (χ2n) is 4.00. The number of benzene rings is 1. The number of methoxy groups -OCH3 is 1. The average molecular weight is 265 g/mol. The Balaban J connectivity index is 2.24. The summed E-state index contributed by atoms with van der Waals surface area (Å²) in [4.78, 5) is 4.39. The number of nitrogen functional groups attached to an aromatic ring is 1. The van der Waals surface area contributed by atoms with Gasteiger partial charge in [-0.2, -0.15) is 11.8 Å². The van der Waals surface area contributed by atoms with Crippen molar-refractivity contribution in [1.29, 1.82) is 0 Å². The van der Waals surface area contributed by atoms with E-state index in [-0.39, 0.29) is 0 Å². The number of fused-ring (bicyclic) bond motifs is 1. The van der Waals surface area contributed by atoms with Gasteiger partial charge in [0.05, 0.1) is 12.6 Å². The number of nitrogens with two attached hydrogens (primary N) is 1. The molecule has 2 rings (SSSR count). The number of thioether (sulfide) groups is 1. The lowest BCUT2D eigenvalue weighted by molar-refractivity contribution is 0.419. The fourth-order valence-electron chi connectivity index (χ4n) is 2.01. The van der Waals surface area contributed by atoms with Crippen LogP contribution in [0.4, 0.5) is 5.95 Å². The van der Waals surface area contributed by atoms with E-state index in [2.05, 4.69) is 16.5 Å². The Hall–Kier alpha value is -1.36. The number of anilines is 1. The van der Waals surface area contributed by atoms with E-state index in [1.807, 2.05) is 30.0 Å². The molecule has 98 valence electrons. The molecule has 1 aromatic carbocycles. The molecule has 0 unspecified atom stereocenters. The van der Waals surface area contributed by atoms with Gasteiger partial charge >= 0.3 is 0 Å². The van der Waals surface area contributed by atoms with Crippen LogP contribution < -0.4 is 10.5 Å². The van der Waals surface area contributed by atoms with Crippen molar-refractivity contribution in [2.24, 2.45) is 0 Å². The second-order valence-corrected chi connectivity index (χ2v) is 5.39. The summed E-state index contributed by atoms with van der Waals surface area (Å²) >= 11 is 1.95. The van der Waals surface area contributed by atoms with Crippen molar-refractivity contribution >= 4 is 28.7 Å². The van der Waals surface area contributed by atoms with Gasteiger partial charge in [-0.3, -0.25) is 0 Å². The molecule has 2 aromatic rings. The van der Waals surface area contributed by atoms with Gasteiger partial charge in [0.1, 0.15) is 11.3 Å². The molecule has 0 radical (unpaired) electrons. The largest absolute Gasteiger partial charge is 0.494 e. The molecule has 1 heterocycles. The fraction of sp³-hybridized carbons (Fsp3) is 0.462. The minimum Gasteiger partial charge on any atom is -0.494 e. The van der Waals surface area contributed by atoms with Gasteiger partial charge < -0.3 is 15.0 Å². The highest BCUT2D eigenvalue weighted by molar-refractivity contribution is 7.99. The van der Waals surface area contributed by atoms with Crippen LogP contribution in [0.5, 0.6) is 5.75 Å². The number of nitrogens with zero attached hydrogens (tertiary/aromatic N) is 2. The highest BCUT2D eigenvalue weighted by Gasteiger charge is 2.11. The third-order valence-electron chi connectivity index (χ3n) is 2.87. The van der Waals surface area contributed by atoms with Crippen LogP contribution in [0.2, 0.25) is 0 Å². The Bertz CT molecular complexity index is 524. The molecule has 4 nitrogen and oxygen atoms in total. The summed E-state index contributed by atoms with van der Waals surface area (Å²) in [5, 5.41) is 0. The van der Waals surface area contributed by atoms with E-state index in [4.69, 9.17) is 10.5 Å². The lowest BCUT2D eigenvalue weighted by Gasteiger charge is -2.06. The Labute approximate surface area is 112 Å². The number of hydrogen-bond donors (Lipinski definition) is 1. The molecule has 0 fully saturated rings. The molecular weight excluding hydrogens is 246 g/mol. The van der Waals surface area contributed by atoms with Crippen LogP contribution in [0.15, 0.2) is 18.2 Å². The molecule has 0 aliphatic rings. The SMILES string of the molecule is CCSCCCn1c(N)nc2c(OC)cccc21. The predicted molar refractivity (Wildman–Crippen MR) is 78.3 cm³/mol. The topological polar surface area (TPSA) is 53.1 Å². The molecule has 0 aliphatic carbocycles. The van der Waals surface area contributed by atoms with E-state index in [0.29, 0.717) is 5.95 Å². The molecule has 0 saturated carbocycles.